The first-order valence-corrected chi connectivity index (χ1v) is 15.5. The Morgan fingerprint density at radius 3 is 2.67 bits per heavy atom. The number of benzene rings is 2. The van der Waals surface area contributed by atoms with E-state index >= 15 is 4.39 Å². The molecule has 2 aliphatic rings. The first kappa shape index (κ1) is 30.0. The van der Waals surface area contributed by atoms with Gasteiger partial charge in [0.2, 0.25) is 10.0 Å². The highest BCUT2D eigenvalue weighted by Gasteiger charge is 2.32. The Morgan fingerprint density at radius 2 is 1.98 bits per heavy atom. The van der Waals surface area contributed by atoms with E-state index in [1.165, 1.54) is 12.1 Å². The molecule has 2 aliphatic heterocycles. The molecule has 0 bridgehead atoms. The third-order valence-electron chi connectivity index (χ3n) is 7.35. The van der Waals surface area contributed by atoms with Gasteiger partial charge in [0.15, 0.2) is 5.82 Å². The van der Waals surface area contributed by atoms with E-state index in [1.54, 1.807) is 0 Å². The number of halogens is 1. The van der Waals surface area contributed by atoms with Gasteiger partial charge in [0, 0.05) is 19.1 Å². The van der Waals surface area contributed by atoms with Crippen molar-refractivity contribution in [2.75, 3.05) is 29.8 Å². The molecule has 2 fully saturated rings. The molecule has 3 atom stereocenters. The van der Waals surface area contributed by atoms with Crippen LogP contribution >= 0.6 is 0 Å². The second-order valence-corrected chi connectivity index (χ2v) is 12.5. The fourth-order valence-corrected chi connectivity index (χ4v) is 6.81. The molecule has 0 aromatic heterocycles. The number of carbonyl (C=O) groups excluding carboxylic acids is 2. The second kappa shape index (κ2) is 13.6. The highest BCUT2D eigenvalue weighted by Crippen LogP contribution is 2.30. The van der Waals surface area contributed by atoms with Crippen LogP contribution in [0.5, 0.6) is 0 Å². The summed E-state index contributed by atoms with van der Waals surface area (Å²) in [4.78, 5) is 25.2. The summed E-state index contributed by atoms with van der Waals surface area (Å²) in [7, 11) is -3.69. The number of aliphatic hydroxyl groups is 1. The van der Waals surface area contributed by atoms with Gasteiger partial charge in [0.05, 0.1) is 42.2 Å². The number of sulfonamides is 1. The van der Waals surface area contributed by atoms with E-state index in [9.17, 15) is 23.1 Å². The smallest absolute Gasteiger partial charge is 0.307 e. The number of aliphatic hydroxyl groups excluding tert-OH is 1. The van der Waals surface area contributed by atoms with Crippen molar-refractivity contribution in [1.29, 1.82) is 0 Å². The number of cyclic esters (lactones) is 1. The fourth-order valence-electron chi connectivity index (χ4n) is 5.19. The zero-order valence-electron chi connectivity index (χ0n) is 22.8. The number of hydrogen-bond acceptors (Lipinski definition) is 7. The SMILES string of the molecule is CCCc1cc(C(=O)N[C@@H](Cc2ccccc2)[C@H](O)CNC2CCOC(=O)C2)c(F)c(N2CCCCS2(=O)=O)c1. The first-order chi connectivity index (χ1) is 19.2. The topological polar surface area (TPSA) is 125 Å². The van der Waals surface area contributed by atoms with E-state index < -0.39 is 33.9 Å². The molecule has 2 saturated heterocycles. The Hall–Kier alpha value is -3.02. The number of rotatable bonds is 11. The molecule has 3 N–H and O–H groups in total. The van der Waals surface area contributed by atoms with Crippen LogP contribution in [0, 0.1) is 5.82 Å². The maximum absolute atomic E-state index is 15.9. The van der Waals surface area contributed by atoms with E-state index in [0.717, 1.165) is 16.3 Å². The molecule has 4 rings (SSSR count). The minimum absolute atomic E-state index is 0.0664. The lowest BCUT2D eigenvalue weighted by Crippen LogP contribution is -2.51. The Labute approximate surface area is 235 Å². The molecule has 1 unspecified atom stereocenters. The van der Waals surface area contributed by atoms with Crippen molar-refractivity contribution in [1.82, 2.24) is 10.6 Å². The lowest BCUT2D eigenvalue weighted by Gasteiger charge is -2.30. The van der Waals surface area contributed by atoms with E-state index in [0.29, 0.717) is 37.9 Å². The summed E-state index contributed by atoms with van der Waals surface area (Å²) in [6.07, 6.45) is 2.44. The molecule has 0 spiro atoms. The van der Waals surface area contributed by atoms with Crippen LogP contribution in [0.15, 0.2) is 42.5 Å². The van der Waals surface area contributed by atoms with Crippen molar-refractivity contribution in [3.8, 4) is 0 Å². The molecular weight excluding hydrogens is 537 g/mol. The van der Waals surface area contributed by atoms with Crippen molar-refractivity contribution in [3.05, 3.63) is 65.0 Å². The van der Waals surface area contributed by atoms with Gasteiger partial charge in [-0.3, -0.25) is 13.9 Å². The van der Waals surface area contributed by atoms with Crippen molar-refractivity contribution in [2.45, 2.75) is 70.1 Å². The van der Waals surface area contributed by atoms with E-state index in [-0.39, 0.29) is 54.9 Å². The third-order valence-corrected chi connectivity index (χ3v) is 9.21. The van der Waals surface area contributed by atoms with Crippen molar-refractivity contribution < 1.29 is 32.2 Å². The van der Waals surface area contributed by atoms with Gasteiger partial charge in [-0.15, -0.1) is 0 Å². The molecular formula is C29H38FN3O6S. The van der Waals surface area contributed by atoms with E-state index in [2.05, 4.69) is 10.6 Å². The third kappa shape index (κ3) is 7.58. The van der Waals surface area contributed by atoms with Crippen LogP contribution in [-0.4, -0.2) is 69.0 Å². The van der Waals surface area contributed by atoms with Gasteiger partial charge in [0.25, 0.3) is 5.91 Å². The quantitative estimate of drug-likeness (QED) is 0.352. The van der Waals surface area contributed by atoms with Crippen LogP contribution in [-0.2, 0) is 32.4 Å². The molecule has 2 aromatic rings. The number of anilines is 1. The van der Waals surface area contributed by atoms with Crippen LogP contribution < -0.4 is 14.9 Å². The van der Waals surface area contributed by atoms with Crippen LogP contribution in [0.2, 0.25) is 0 Å². The van der Waals surface area contributed by atoms with E-state index in [4.69, 9.17) is 4.74 Å². The zero-order chi connectivity index (χ0) is 28.7. The number of nitrogens with zero attached hydrogens (tertiary/aromatic N) is 1. The van der Waals surface area contributed by atoms with Gasteiger partial charge in [-0.05, 0) is 55.4 Å². The largest absolute Gasteiger partial charge is 0.466 e. The van der Waals surface area contributed by atoms with Crippen LogP contribution in [0.3, 0.4) is 0 Å². The Bertz CT molecular complexity index is 1290. The van der Waals surface area contributed by atoms with Gasteiger partial charge < -0.3 is 20.5 Å². The minimum atomic E-state index is -3.69. The second-order valence-electron chi connectivity index (χ2n) is 10.5. The van der Waals surface area contributed by atoms with Crippen LogP contribution in [0.1, 0.15) is 60.5 Å². The van der Waals surface area contributed by atoms with Crippen molar-refractivity contribution >= 4 is 27.6 Å². The van der Waals surface area contributed by atoms with Gasteiger partial charge in [-0.1, -0.05) is 43.7 Å². The van der Waals surface area contributed by atoms with Crippen molar-refractivity contribution in [2.24, 2.45) is 0 Å². The molecule has 11 heteroatoms. The summed E-state index contributed by atoms with van der Waals surface area (Å²) in [5.41, 5.74) is 1.17. The summed E-state index contributed by atoms with van der Waals surface area (Å²) < 4.78 is 47.5. The normalized spacial score (nSPS) is 20.4. The molecule has 9 nitrogen and oxygen atoms in total. The Morgan fingerprint density at radius 1 is 1.20 bits per heavy atom. The van der Waals surface area contributed by atoms with Gasteiger partial charge in [0.1, 0.15) is 0 Å². The predicted octanol–water partition coefficient (Wildman–Crippen LogP) is 2.71. The Balaban J connectivity index is 1.59. The van der Waals surface area contributed by atoms with E-state index in [1.807, 2.05) is 37.3 Å². The predicted molar refractivity (Wildman–Crippen MR) is 150 cm³/mol. The number of carbonyl (C=O) groups is 2. The highest BCUT2D eigenvalue weighted by atomic mass is 32.2. The summed E-state index contributed by atoms with van der Waals surface area (Å²) >= 11 is 0. The Kier molecular flexibility index (Phi) is 10.2. The molecule has 40 heavy (non-hydrogen) atoms. The molecule has 0 saturated carbocycles. The summed E-state index contributed by atoms with van der Waals surface area (Å²) in [6, 6.07) is 11.4. The zero-order valence-corrected chi connectivity index (χ0v) is 23.6. The standard InChI is InChI=1S/C29H38FN3O6S/c1-2-8-21-15-23(28(30)25(17-21)33-12-6-7-14-40(33,37)38)29(36)32-24(16-20-9-4-3-5-10-20)26(34)19-31-22-11-13-39-27(35)18-22/h3-5,9-10,15,17,22,24,26,31,34H,2,6-8,11-14,16,18-19H2,1H3,(H,32,36)/t22?,24-,26+/m0/s1. The highest BCUT2D eigenvalue weighted by molar-refractivity contribution is 7.92. The minimum Gasteiger partial charge on any atom is -0.466 e. The van der Waals surface area contributed by atoms with Gasteiger partial charge in [-0.2, -0.15) is 0 Å². The number of esters is 1. The monoisotopic (exact) mass is 575 g/mol. The lowest BCUT2D eigenvalue weighted by molar-refractivity contribution is -0.147. The molecule has 2 heterocycles. The molecule has 0 radical (unpaired) electrons. The molecule has 2 aromatic carbocycles. The number of aryl methyl sites for hydroxylation is 1. The number of amides is 1. The summed E-state index contributed by atoms with van der Waals surface area (Å²) in [6.45, 7) is 2.52. The number of nitrogens with one attached hydrogen (secondary N) is 2. The lowest BCUT2D eigenvalue weighted by atomic mass is 9.99. The average molecular weight is 576 g/mol. The molecule has 1 amide bonds. The number of ether oxygens (including phenoxy) is 1. The van der Waals surface area contributed by atoms with Crippen molar-refractivity contribution in [3.63, 3.8) is 0 Å². The number of hydrogen-bond donors (Lipinski definition) is 3. The summed E-state index contributed by atoms with van der Waals surface area (Å²) in [5, 5.41) is 17.1. The average Bonchev–Trinajstić information content (AvgIpc) is 2.93. The fraction of sp³-hybridized carbons (Fsp3) is 0.517. The maximum atomic E-state index is 15.9. The summed E-state index contributed by atoms with van der Waals surface area (Å²) in [5.74, 6) is -1.99. The van der Waals surface area contributed by atoms with Gasteiger partial charge in [-0.25, -0.2) is 12.8 Å². The maximum Gasteiger partial charge on any atom is 0.307 e. The van der Waals surface area contributed by atoms with Crippen LogP contribution in [0.4, 0.5) is 10.1 Å². The van der Waals surface area contributed by atoms with Gasteiger partial charge >= 0.3 is 5.97 Å². The first-order valence-electron chi connectivity index (χ1n) is 13.9. The van der Waals surface area contributed by atoms with Crippen LogP contribution in [0.25, 0.3) is 0 Å². The molecule has 0 aliphatic carbocycles. The molecule has 218 valence electrons.